The summed E-state index contributed by atoms with van der Waals surface area (Å²) in [5.74, 6) is -0.190. The number of alkyl carbamates (subject to hydrolysis) is 1. The van der Waals surface area contributed by atoms with E-state index in [1.807, 2.05) is 26.8 Å². The van der Waals surface area contributed by atoms with Gasteiger partial charge in [0, 0.05) is 44.4 Å². The van der Waals surface area contributed by atoms with E-state index in [0.717, 1.165) is 12.8 Å². The van der Waals surface area contributed by atoms with Gasteiger partial charge in [-0.3, -0.25) is 14.6 Å². The van der Waals surface area contributed by atoms with Crippen molar-refractivity contribution in [1.82, 2.24) is 20.0 Å². The number of amides is 2. The first kappa shape index (κ1) is 30.8. The van der Waals surface area contributed by atoms with E-state index in [1.54, 1.807) is 44.9 Å². The van der Waals surface area contributed by atoms with Crippen molar-refractivity contribution in [3.8, 4) is 6.07 Å². The summed E-state index contributed by atoms with van der Waals surface area (Å²) in [5.41, 5.74) is -0.0928. The van der Waals surface area contributed by atoms with Crippen LogP contribution in [0.25, 0.3) is 0 Å². The van der Waals surface area contributed by atoms with E-state index in [4.69, 9.17) is 9.47 Å². The Morgan fingerprint density at radius 2 is 1.92 bits per heavy atom. The van der Waals surface area contributed by atoms with Crippen molar-refractivity contribution < 1.29 is 23.5 Å². The summed E-state index contributed by atoms with van der Waals surface area (Å²) in [6, 6.07) is 8.11. The molecule has 216 valence electrons. The molecule has 6 atom stereocenters. The van der Waals surface area contributed by atoms with Crippen LogP contribution in [0.5, 0.6) is 0 Å². The number of nitriles is 1. The summed E-state index contributed by atoms with van der Waals surface area (Å²) < 4.78 is 25.6. The predicted octanol–water partition coefficient (Wildman–Crippen LogP) is 3.74. The zero-order valence-electron chi connectivity index (χ0n) is 24.3. The van der Waals surface area contributed by atoms with E-state index in [1.165, 1.54) is 6.07 Å². The molecule has 2 heterocycles. The maximum atomic E-state index is 14.3. The van der Waals surface area contributed by atoms with Crippen molar-refractivity contribution >= 4 is 12.0 Å². The SMILES string of the molecule is CC.COC1C2CC(CN2CC(NC(=O)OC(C)(C)C)C(=O)N(CC#N)C2CC2C)N1Cc1ccccc1F. The minimum absolute atomic E-state index is 0.00750. The number of fused-ring (bicyclic) bond motifs is 2. The Labute approximate surface area is 232 Å². The molecule has 4 rings (SSSR count). The summed E-state index contributed by atoms with van der Waals surface area (Å²) >= 11 is 0. The second kappa shape index (κ2) is 13.1. The van der Waals surface area contributed by atoms with Crippen molar-refractivity contribution in [2.45, 2.75) is 96.9 Å². The van der Waals surface area contributed by atoms with Crippen LogP contribution in [-0.4, -0.2) is 89.4 Å². The van der Waals surface area contributed by atoms with E-state index < -0.39 is 17.7 Å². The molecule has 2 bridgehead atoms. The van der Waals surface area contributed by atoms with Gasteiger partial charge in [0.2, 0.25) is 5.91 Å². The zero-order chi connectivity index (χ0) is 28.9. The Bertz CT molecular complexity index is 1040. The fraction of sp³-hybridized carbons (Fsp3) is 0.690. The molecule has 0 radical (unpaired) electrons. The van der Waals surface area contributed by atoms with E-state index in [9.17, 15) is 19.2 Å². The first-order chi connectivity index (χ1) is 18.5. The first-order valence-corrected chi connectivity index (χ1v) is 13.9. The molecule has 0 aromatic heterocycles. The Kier molecular flexibility index (Phi) is 10.3. The number of carbonyl (C=O) groups is 2. The topological polar surface area (TPSA) is 98.1 Å². The van der Waals surface area contributed by atoms with Crippen LogP contribution < -0.4 is 5.32 Å². The molecule has 1 N–H and O–H groups in total. The van der Waals surface area contributed by atoms with Gasteiger partial charge >= 0.3 is 6.09 Å². The number of nitrogens with one attached hydrogen (secondary N) is 1. The van der Waals surface area contributed by atoms with Crippen LogP contribution in [0.1, 0.15) is 59.9 Å². The molecule has 1 aromatic carbocycles. The van der Waals surface area contributed by atoms with Crippen LogP contribution in [-0.2, 0) is 20.8 Å². The third-order valence-electron chi connectivity index (χ3n) is 7.50. The molecule has 1 saturated carbocycles. The molecule has 0 spiro atoms. The Morgan fingerprint density at radius 3 is 2.49 bits per heavy atom. The average Bonchev–Trinajstić information content (AvgIpc) is 3.31. The van der Waals surface area contributed by atoms with Crippen LogP contribution in [0.15, 0.2) is 24.3 Å². The summed E-state index contributed by atoms with van der Waals surface area (Å²) in [6.07, 6.45) is 0.731. The van der Waals surface area contributed by atoms with Gasteiger partial charge in [0.05, 0.1) is 12.1 Å². The Hall–Kier alpha value is -2.74. The van der Waals surface area contributed by atoms with Gasteiger partial charge in [0.25, 0.3) is 0 Å². The van der Waals surface area contributed by atoms with Crippen LogP contribution >= 0.6 is 0 Å². The maximum absolute atomic E-state index is 14.3. The molecule has 2 aliphatic heterocycles. The van der Waals surface area contributed by atoms with Gasteiger partial charge in [-0.1, -0.05) is 39.0 Å². The highest BCUT2D eigenvalue weighted by Crippen LogP contribution is 2.38. The predicted molar refractivity (Wildman–Crippen MR) is 146 cm³/mol. The lowest BCUT2D eigenvalue weighted by Gasteiger charge is -2.41. The molecule has 2 amide bonds. The lowest BCUT2D eigenvalue weighted by atomic mass is 10.1. The van der Waals surface area contributed by atoms with Gasteiger partial charge in [-0.2, -0.15) is 5.26 Å². The average molecular weight is 546 g/mol. The molecule has 6 unspecified atom stereocenters. The van der Waals surface area contributed by atoms with Crippen LogP contribution in [0.2, 0.25) is 0 Å². The van der Waals surface area contributed by atoms with Gasteiger partial charge in [0.15, 0.2) is 0 Å². The van der Waals surface area contributed by atoms with Crippen molar-refractivity contribution in [2.24, 2.45) is 5.92 Å². The van der Waals surface area contributed by atoms with Crippen molar-refractivity contribution in [2.75, 3.05) is 26.7 Å². The number of hydrogen-bond acceptors (Lipinski definition) is 7. The molecular formula is C29H44FN5O4. The molecule has 2 saturated heterocycles. The van der Waals surface area contributed by atoms with Crippen LogP contribution in [0.4, 0.5) is 9.18 Å². The fourth-order valence-electron chi connectivity index (χ4n) is 5.66. The first-order valence-electron chi connectivity index (χ1n) is 13.9. The number of likely N-dealkylation sites (tertiary alicyclic amines) is 2. The smallest absolute Gasteiger partial charge is 0.408 e. The molecule has 10 heteroatoms. The lowest BCUT2D eigenvalue weighted by Crippen LogP contribution is -2.60. The standard InChI is InChI=1S/C27H38FN5O4.C2H6/c1-17-12-22(17)32(11-10-29)24(34)21(30-26(35)37-27(2,3)4)16-31-15-19-13-23(31)25(36-5)33(19)14-18-8-6-7-9-20(18)28;1-2/h6-9,17,19,21-23,25H,11-16H2,1-5H3,(H,30,35);1-2H3. The van der Waals surface area contributed by atoms with Gasteiger partial charge in [0.1, 0.15) is 30.2 Å². The van der Waals surface area contributed by atoms with Crippen molar-refractivity contribution in [3.63, 3.8) is 0 Å². The molecule has 1 aromatic rings. The monoisotopic (exact) mass is 545 g/mol. The fourth-order valence-corrected chi connectivity index (χ4v) is 5.66. The number of methoxy groups -OCH3 is 1. The number of benzene rings is 1. The highest BCUT2D eigenvalue weighted by molar-refractivity contribution is 5.86. The third kappa shape index (κ3) is 7.47. The largest absolute Gasteiger partial charge is 0.444 e. The number of nitrogens with zero attached hydrogens (tertiary/aromatic N) is 4. The van der Waals surface area contributed by atoms with Gasteiger partial charge in [-0.15, -0.1) is 0 Å². The molecule has 3 fully saturated rings. The van der Waals surface area contributed by atoms with Crippen LogP contribution in [0.3, 0.4) is 0 Å². The number of hydrogen-bond donors (Lipinski definition) is 1. The zero-order valence-corrected chi connectivity index (χ0v) is 24.3. The quantitative estimate of drug-likeness (QED) is 0.472. The minimum Gasteiger partial charge on any atom is -0.444 e. The summed E-state index contributed by atoms with van der Waals surface area (Å²) in [5, 5.41) is 12.1. The molecular weight excluding hydrogens is 501 g/mol. The van der Waals surface area contributed by atoms with Gasteiger partial charge < -0.3 is 19.7 Å². The maximum Gasteiger partial charge on any atom is 0.408 e. The molecule has 3 aliphatic rings. The molecule has 39 heavy (non-hydrogen) atoms. The van der Waals surface area contributed by atoms with Gasteiger partial charge in [-0.05, 0) is 45.6 Å². The highest BCUT2D eigenvalue weighted by Gasteiger charge is 2.52. The van der Waals surface area contributed by atoms with E-state index in [-0.39, 0.29) is 49.2 Å². The lowest BCUT2D eigenvalue weighted by molar-refractivity contribution is -0.135. The van der Waals surface area contributed by atoms with Crippen molar-refractivity contribution in [3.05, 3.63) is 35.6 Å². The number of piperazine rings is 1. The summed E-state index contributed by atoms with van der Waals surface area (Å²) in [6.45, 7) is 12.7. The third-order valence-corrected chi connectivity index (χ3v) is 7.50. The van der Waals surface area contributed by atoms with Crippen molar-refractivity contribution in [1.29, 1.82) is 5.26 Å². The summed E-state index contributed by atoms with van der Waals surface area (Å²) in [7, 11) is 1.64. The summed E-state index contributed by atoms with van der Waals surface area (Å²) in [4.78, 5) is 32.3. The number of rotatable bonds is 9. The molecule has 1 aliphatic carbocycles. The van der Waals surface area contributed by atoms with E-state index >= 15 is 0 Å². The second-order valence-electron chi connectivity index (χ2n) is 11.4. The molecule has 9 nitrogen and oxygen atoms in total. The van der Waals surface area contributed by atoms with E-state index in [0.29, 0.717) is 24.6 Å². The normalized spacial score (nSPS) is 26.7. The Balaban J connectivity index is 0.00000205. The van der Waals surface area contributed by atoms with Crippen LogP contribution in [0, 0.1) is 23.1 Å². The second-order valence-corrected chi connectivity index (χ2v) is 11.4. The highest BCUT2D eigenvalue weighted by atomic mass is 19.1. The van der Waals surface area contributed by atoms with E-state index in [2.05, 4.69) is 21.2 Å². The number of halogens is 1. The Morgan fingerprint density at radius 1 is 1.26 bits per heavy atom. The minimum atomic E-state index is -0.868. The number of carbonyl (C=O) groups excluding carboxylic acids is 2. The van der Waals surface area contributed by atoms with Gasteiger partial charge in [-0.25, -0.2) is 9.18 Å². The number of ether oxygens (including phenoxy) is 2.